The van der Waals surface area contributed by atoms with Crippen LogP contribution in [0.2, 0.25) is 0 Å². The van der Waals surface area contributed by atoms with Gasteiger partial charge in [-0.05, 0) is 23.8 Å². The molecule has 0 radical (unpaired) electrons. The Morgan fingerprint density at radius 3 is 2.95 bits per heavy atom. The van der Waals surface area contributed by atoms with Crippen LogP contribution in [0.1, 0.15) is 19.8 Å². The van der Waals surface area contributed by atoms with E-state index in [0.717, 1.165) is 11.3 Å². The summed E-state index contributed by atoms with van der Waals surface area (Å²) in [4.78, 5) is 13.7. The van der Waals surface area contributed by atoms with Crippen LogP contribution in [0, 0.1) is 5.92 Å². The highest BCUT2D eigenvalue weighted by molar-refractivity contribution is 7.91. The molecule has 1 aliphatic heterocycles. The number of sulfonamides is 1. The van der Waals surface area contributed by atoms with E-state index in [1.165, 1.54) is 6.07 Å². The Bertz CT molecular complexity index is 571. The minimum Gasteiger partial charge on any atom is -0.393 e. The van der Waals surface area contributed by atoms with E-state index < -0.39 is 10.0 Å². The Balaban J connectivity index is 1.80. The van der Waals surface area contributed by atoms with Crippen LogP contribution in [0.25, 0.3) is 0 Å². The maximum absolute atomic E-state index is 12.0. The van der Waals surface area contributed by atoms with Gasteiger partial charge in [0.15, 0.2) is 0 Å². The number of aliphatic hydroxyl groups is 1. The Morgan fingerprint density at radius 1 is 1.57 bits per heavy atom. The Labute approximate surface area is 128 Å². The molecule has 2 rings (SSSR count). The molecule has 8 heteroatoms. The third-order valence-corrected chi connectivity index (χ3v) is 6.46. The molecule has 2 heterocycles. The molecule has 2 unspecified atom stereocenters. The molecule has 2 N–H and O–H groups in total. The van der Waals surface area contributed by atoms with Crippen molar-refractivity contribution in [1.82, 2.24) is 9.62 Å². The van der Waals surface area contributed by atoms with E-state index >= 15 is 0 Å². The highest BCUT2D eigenvalue weighted by atomic mass is 32.2. The molecule has 1 fully saturated rings. The van der Waals surface area contributed by atoms with Gasteiger partial charge in [0, 0.05) is 26.1 Å². The first-order valence-corrected chi connectivity index (χ1v) is 9.25. The van der Waals surface area contributed by atoms with Crippen molar-refractivity contribution < 1.29 is 18.3 Å². The van der Waals surface area contributed by atoms with Crippen LogP contribution >= 0.6 is 11.3 Å². The topological polar surface area (TPSA) is 86.7 Å². The molecule has 2 atom stereocenters. The van der Waals surface area contributed by atoms with Crippen LogP contribution in [0.5, 0.6) is 0 Å². The minimum absolute atomic E-state index is 0.0607. The number of nitrogens with one attached hydrogen (secondary N) is 1. The third kappa shape index (κ3) is 4.26. The highest BCUT2D eigenvalue weighted by Crippen LogP contribution is 2.17. The number of nitrogens with zero attached hydrogens (tertiary/aromatic N) is 1. The van der Waals surface area contributed by atoms with E-state index in [1.807, 2.05) is 6.92 Å². The molecular weight excluding hydrogens is 312 g/mol. The molecule has 0 bridgehead atoms. The lowest BCUT2D eigenvalue weighted by Gasteiger charge is -2.34. The molecule has 0 aromatic carbocycles. The first kappa shape index (κ1) is 16.4. The van der Waals surface area contributed by atoms with Gasteiger partial charge in [-0.3, -0.25) is 4.79 Å². The average Bonchev–Trinajstić information content (AvgIpc) is 2.96. The van der Waals surface area contributed by atoms with Gasteiger partial charge in [-0.25, -0.2) is 13.1 Å². The van der Waals surface area contributed by atoms with Gasteiger partial charge in [0.05, 0.1) is 6.10 Å². The molecule has 118 valence electrons. The van der Waals surface area contributed by atoms with Gasteiger partial charge >= 0.3 is 0 Å². The summed E-state index contributed by atoms with van der Waals surface area (Å²) >= 11 is 1.14. The molecule has 1 aliphatic rings. The maximum Gasteiger partial charge on any atom is 0.250 e. The minimum atomic E-state index is -3.51. The summed E-state index contributed by atoms with van der Waals surface area (Å²) < 4.78 is 26.5. The van der Waals surface area contributed by atoms with Gasteiger partial charge < -0.3 is 10.0 Å². The molecule has 6 nitrogen and oxygen atoms in total. The summed E-state index contributed by atoms with van der Waals surface area (Å²) in [6, 6.07) is 3.20. The molecule has 0 saturated carbocycles. The van der Waals surface area contributed by atoms with Crippen molar-refractivity contribution in [3.05, 3.63) is 17.5 Å². The van der Waals surface area contributed by atoms with Crippen molar-refractivity contribution in [2.75, 3.05) is 19.6 Å². The summed E-state index contributed by atoms with van der Waals surface area (Å²) in [7, 11) is -3.51. The standard InChI is InChI=1S/C13H20N2O4S2/c1-10-9-15(7-5-11(10)16)12(17)4-6-14-21(18,19)13-3-2-8-20-13/h2-3,8,10-11,14,16H,4-7,9H2,1H3. The third-order valence-electron chi connectivity index (χ3n) is 3.60. The van der Waals surface area contributed by atoms with Gasteiger partial charge in [0.2, 0.25) is 15.9 Å². The summed E-state index contributed by atoms with van der Waals surface area (Å²) in [6.45, 7) is 3.05. The molecule has 1 aromatic rings. The lowest BCUT2D eigenvalue weighted by molar-refractivity contribution is -0.134. The molecule has 1 saturated heterocycles. The van der Waals surface area contributed by atoms with Gasteiger partial charge in [-0.15, -0.1) is 11.3 Å². The van der Waals surface area contributed by atoms with Gasteiger partial charge in [0.1, 0.15) is 4.21 Å². The fraction of sp³-hybridized carbons (Fsp3) is 0.615. The lowest BCUT2D eigenvalue weighted by atomic mass is 9.96. The van der Waals surface area contributed by atoms with Crippen LogP contribution in [0.15, 0.2) is 21.7 Å². The maximum atomic E-state index is 12.0. The number of piperidine rings is 1. The zero-order valence-corrected chi connectivity index (χ0v) is 13.5. The van der Waals surface area contributed by atoms with Crippen LogP contribution in [-0.2, 0) is 14.8 Å². The molecule has 1 amide bonds. The zero-order chi connectivity index (χ0) is 15.5. The summed E-state index contributed by atoms with van der Waals surface area (Å²) in [5, 5.41) is 11.3. The van der Waals surface area contributed by atoms with Crippen molar-refractivity contribution in [3.63, 3.8) is 0 Å². The van der Waals surface area contributed by atoms with Gasteiger partial charge in [-0.1, -0.05) is 13.0 Å². The zero-order valence-electron chi connectivity index (χ0n) is 11.9. The van der Waals surface area contributed by atoms with E-state index in [9.17, 15) is 18.3 Å². The van der Waals surface area contributed by atoms with Crippen molar-refractivity contribution in [3.8, 4) is 0 Å². The number of rotatable bonds is 5. The van der Waals surface area contributed by atoms with Crippen molar-refractivity contribution in [2.24, 2.45) is 5.92 Å². The monoisotopic (exact) mass is 332 g/mol. The fourth-order valence-corrected chi connectivity index (χ4v) is 4.37. The summed E-state index contributed by atoms with van der Waals surface area (Å²) in [5.41, 5.74) is 0. The predicted molar refractivity (Wildman–Crippen MR) is 80.5 cm³/mol. The number of aliphatic hydroxyl groups excluding tert-OH is 1. The quantitative estimate of drug-likeness (QED) is 0.829. The smallest absolute Gasteiger partial charge is 0.250 e. The van der Waals surface area contributed by atoms with E-state index in [0.29, 0.717) is 19.5 Å². The molecule has 1 aromatic heterocycles. The van der Waals surface area contributed by atoms with Gasteiger partial charge in [0.25, 0.3) is 0 Å². The molecular formula is C13H20N2O4S2. The van der Waals surface area contributed by atoms with E-state index in [-0.39, 0.29) is 35.1 Å². The number of carbonyl (C=O) groups is 1. The predicted octanol–water partition coefficient (Wildman–Crippen LogP) is 0.646. The number of likely N-dealkylation sites (tertiary alicyclic amines) is 1. The molecule has 0 aliphatic carbocycles. The highest BCUT2D eigenvalue weighted by Gasteiger charge is 2.27. The Kier molecular flexibility index (Phi) is 5.37. The second kappa shape index (κ2) is 6.87. The summed E-state index contributed by atoms with van der Waals surface area (Å²) in [5.74, 6) is -0.0202. The Hall–Kier alpha value is -0.960. The lowest BCUT2D eigenvalue weighted by Crippen LogP contribution is -2.45. The molecule has 0 spiro atoms. The largest absolute Gasteiger partial charge is 0.393 e. The first-order valence-electron chi connectivity index (χ1n) is 6.89. The second-order valence-corrected chi connectivity index (χ2v) is 8.19. The summed E-state index contributed by atoms with van der Waals surface area (Å²) in [6.07, 6.45) is 0.354. The van der Waals surface area contributed by atoms with Crippen molar-refractivity contribution in [2.45, 2.75) is 30.1 Å². The van der Waals surface area contributed by atoms with Gasteiger partial charge in [-0.2, -0.15) is 0 Å². The number of amides is 1. The van der Waals surface area contributed by atoms with E-state index in [4.69, 9.17) is 0 Å². The number of carbonyl (C=O) groups excluding carboxylic acids is 1. The fourth-order valence-electron chi connectivity index (χ4n) is 2.30. The van der Waals surface area contributed by atoms with Crippen molar-refractivity contribution >= 4 is 27.3 Å². The number of hydrogen-bond acceptors (Lipinski definition) is 5. The first-order chi connectivity index (χ1) is 9.90. The average molecular weight is 332 g/mol. The van der Waals surface area contributed by atoms with E-state index in [1.54, 1.807) is 16.3 Å². The number of hydrogen-bond donors (Lipinski definition) is 2. The van der Waals surface area contributed by atoms with Crippen LogP contribution in [-0.4, -0.2) is 50.1 Å². The van der Waals surface area contributed by atoms with Crippen LogP contribution in [0.3, 0.4) is 0 Å². The normalized spacial score (nSPS) is 23.2. The van der Waals surface area contributed by atoms with Crippen molar-refractivity contribution in [1.29, 1.82) is 0 Å². The van der Waals surface area contributed by atoms with E-state index in [2.05, 4.69) is 4.72 Å². The SMILES string of the molecule is CC1CN(C(=O)CCNS(=O)(=O)c2cccs2)CCC1O. The van der Waals surface area contributed by atoms with Crippen LogP contribution < -0.4 is 4.72 Å². The Morgan fingerprint density at radius 2 is 2.33 bits per heavy atom. The second-order valence-electron chi connectivity index (χ2n) is 5.25. The van der Waals surface area contributed by atoms with Crippen LogP contribution in [0.4, 0.5) is 0 Å². The molecule has 21 heavy (non-hydrogen) atoms. The number of thiophene rings is 1.